The van der Waals surface area contributed by atoms with Crippen molar-refractivity contribution in [2.75, 3.05) is 21.1 Å². The first-order valence-electron chi connectivity index (χ1n) is 3.55. The summed E-state index contributed by atoms with van der Waals surface area (Å²) in [7, 11) is 4.50. The molecule has 1 aliphatic rings. The van der Waals surface area contributed by atoms with E-state index >= 15 is 0 Å². The van der Waals surface area contributed by atoms with Crippen LogP contribution in [0.3, 0.4) is 0 Å². The molecule has 0 aromatic heterocycles. The van der Waals surface area contributed by atoms with Crippen molar-refractivity contribution in [1.29, 1.82) is 0 Å². The summed E-state index contributed by atoms with van der Waals surface area (Å²) in [5, 5.41) is 0. The van der Waals surface area contributed by atoms with Gasteiger partial charge < -0.3 is 17.2 Å². The minimum Gasteiger partial charge on any atom is -0.333 e. The van der Waals surface area contributed by atoms with Gasteiger partial charge in [-0.3, -0.25) is 0 Å². The maximum atomic E-state index is 4.50. The van der Waals surface area contributed by atoms with Crippen molar-refractivity contribution in [1.82, 2.24) is 0 Å². The van der Waals surface area contributed by atoms with Gasteiger partial charge >= 0.3 is 0 Å². The average molecular weight is 338 g/mol. The van der Waals surface area contributed by atoms with E-state index in [1.165, 1.54) is 21.1 Å². The maximum absolute atomic E-state index is 4.50. The molecule has 0 saturated carbocycles. The van der Waals surface area contributed by atoms with E-state index in [2.05, 4.69) is 41.5 Å². The van der Waals surface area contributed by atoms with Crippen molar-refractivity contribution < 1.29 is 25.8 Å². The van der Waals surface area contributed by atoms with Crippen LogP contribution in [-0.2, 0) is 25.8 Å². The molecule has 3 nitrogen and oxygen atoms in total. The van der Waals surface area contributed by atoms with Gasteiger partial charge in [-0.05, 0) is 27.6 Å². The van der Waals surface area contributed by atoms with Crippen LogP contribution in [0.5, 0.6) is 0 Å². The molecule has 0 radical (unpaired) electrons. The number of allylic oxidation sites excluding steroid dienone is 4. The molecule has 0 aliphatic heterocycles. The van der Waals surface area contributed by atoms with Crippen molar-refractivity contribution in [3.8, 4) is 0 Å². The summed E-state index contributed by atoms with van der Waals surface area (Å²) in [4.78, 5) is 0. The van der Waals surface area contributed by atoms with E-state index in [4.69, 9.17) is 0 Å². The molecule has 0 spiro atoms. The molecule has 0 heterocycles. The smallest absolute Gasteiger partial charge is 0 e. The molecule has 12 heavy (non-hydrogen) atoms. The fraction of sp³-hybridized carbons (Fsp3) is 0.500. The first-order chi connectivity index (χ1) is 5.50. The molecule has 0 amide bonds. The Kier molecular flexibility index (Phi) is 81.5. The summed E-state index contributed by atoms with van der Waals surface area (Å²) in [6.07, 6.45) is 9.50. The second-order valence-corrected chi connectivity index (χ2v) is 1.09. The maximum Gasteiger partial charge on any atom is 0 e. The normalized spacial score (nSPS) is 8.83. The Morgan fingerprint density at radius 1 is 0.750 bits per heavy atom. The monoisotopic (exact) mass is 339 g/mol. The topological polar surface area (TPSA) is 78.1 Å². The zero-order chi connectivity index (χ0) is 9.54. The van der Waals surface area contributed by atoms with Gasteiger partial charge in [0.15, 0.2) is 0 Å². The first kappa shape index (κ1) is 22.8. The van der Waals surface area contributed by atoms with Crippen LogP contribution in [0.15, 0.2) is 24.3 Å². The van der Waals surface area contributed by atoms with Gasteiger partial charge in [0.1, 0.15) is 0 Å². The number of rotatable bonds is 0. The molecular weight excluding hydrogens is 317 g/mol. The summed E-state index contributed by atoms with van der Waals surface area (Å²) in [6, 6.07) is 0. The Morgan fingerprint density at radius 2 is 1.00 bits per heavy atom. The van der Waals surface area contributed by atoms with Gasteiger partial charge in [0.25, 0.3) is 0 Å². The van der Waals surface area contributed by atoms with Crippen LogP contribution in [0.2, 0.25) is 0 Å². The average Bonchev–Trinajstić information content (AvgIpc) is 2.71. The molecule has 4 heteroatoms. The van der Waals surface area contributed by atoms with E-state index in [1.54, 1.807) is 0 Å². The van der Waals surface area contributed by atoms with Crippen molar-refractivity contribution in [2.45, 2.75) is 6.42 Å². The molecule has 0 saturated heterocycles. The molecular formula is C8H21HfN3. The van der Waals surface area contributed by atoms with E-state index in [9.17, 15) is 0 Å². The third-order valence-corrected chi connectivity index (χ3v) is 0.655. The third-order valence-electron chi connectivity index (χ3n) is 0.655. The number of nitrogens with two attached hydrogens (primary N) is 3. The summed E-state index contributed by atoms with van der Waals surface area (Å²) in [5.74, 6) is 0. The second kappa shape index (κ2) is 43.0. The van der Waals surface area contributed by atoms with E-state index in [-0.39, 0.29) is 25.8 Å². The fourth-order valence-corrected chi connectivity index (χ4v) is 0.393. The Hall–Kier alpha value is 0.230. The molecule has 0 atom stereocenters. The molecule has 0 aromatic rings. The summed E-state index contributed by atoms with van der Waals surface area (Å²) < 4.78 is 0. The molecule has 0 unspecified atom stereocenters. The Labute approximate surface area is 94.9 Å². The molecule has 1 rings (SSSR count). The Morgan fingerprint density at radius 3 is 1.08 bits per heavy atom. The summed E-state index contributed by atoms with van der Waals surface area (Å²) in [6.45, 7) is 0. The quantitative estimate of drug-likeness (QED) is 0.554. The molecule has 0 fully saturated rings. The van der Waals surface area contributed by atoms with E-state index < -0.39 is 0 Å². The molecule has 0 aromatic carbocycles. The second-order valence-electron chi connectivity index (χ2n) is 1.09. The van der Waals surface area contributed by atoms with E-state index in [0.717, 1.165) is 6.42 Å². The summed E-state index contributed by atoms with van der Waals surface area (Å²) >= 11 is 0. The largest absolute Gasteiger partial charge is 0.333 e. The first-order valence-corrected chi connectivity index (χ1v) is 3.55. The molecule has 1 aliphatic carbocycles. The van der Waals surface area contributed by atoms with Gasteiger partial charge in [-0.15, -0.1) is 0 Å². The minimum absolute atomic E-state index is 0. The van der Waals surface area contributed by atoms with Crippen molar-refractivity contribution in [2.24, 2.45) is 17.2 Å². The Bertz CT molecular complexity index is 72.4. The SMILES string of the molecule is C1=CCC=C1.CN.CN.CN.[Hf]. The van der Waals surface area contributed by atoms with Gasteiger partial charge in [-0.1, -0.05) is 24.3 Å². The standard InChI is InChI=1S/C5H6.3CH5N.Hf/c1-2-4-5-3-1;3*1-2;/h1-4H,5H2;3*2H2,1H3;. The predicted octanol–water partition coefficient (Wildman–Crippen LogP) is 0.225. The van der Waals surface area contributed by atoms with Crippen molar-refractivity contribution >= 4 is 0 Å². The van der Waals surface area contributed by atoms with Crippen molar-refractivity contribution in [3.05, 3.63) is 24.3 Å². The minimum atomic E-state index is 0. The van der Waals surface area contributed by atoms with Gasteiger partial charge in [0.2, 0.25) is 0 Å². The van der Waals surface area contributed by atoms with E-state index in [0.29, 0.717) is 0 Å². The van der Waals surface area contributed by atoms with Gasteiger partial charge in [-0.25, -0.2) is 0 Å². The van der Waals surface area contributed by atoms with Gasteiger partial charge in [0.05, 0.1) is 0 Å². The van der Waals surface area contributed by atoms with Crippen LogP contribution in [0, 0.1) is 0 Å². The van der Waals surface area contributed by atoms with Crippen LogP contribution < -0.4 is 17.2 Å². The van der Waals surface area contributed by atoms with Gasteiger partial charge in [0, 0.05) is 25.8 Å². The van der Waals surface area contributed by atoms with Crippen LogP contribution >= 0.6 is 0 Å². The van der Waals surface area contributed by atoms with E-state index in [1.807, 2.05) is 0 Å². The Balaban J connectivity index is -0.0000000406. The zero-order valence-electron chi connectivity index (χ0n) is 8.25. The number of hydrogen-bond donors (Lipinski definition) is 3. The van der Waals surface area contributed by atoms with Crippen molar-refractivity contribution in [3.63, 3.8) is 0 Å². The molecule has 72 valence electrons. The zero-order valence-corrected chi connectivity index (χ0v) is 11.8. The number of hydrogen-bond acceptors (Lipinski definition) is 3. The van der Waals surface area contributed by atoms with Crippen LogP contribution in [0.1, 0.15) is 6.42 Å². The van der Waals surface area contributed by atoms with Gasteiger partial charge in [-0.2, -0.15) is 0 Å². The van der Waals surface area contributed by atoms with Crippen LogP contribution in [0.25, 0.3) is 0 Å². The summed E-state index contributed by atoms with van der Waals surface area (Å²) in [5.41, 5.74) is 13.5. The fourth-order valence-electron chi connectivity index (χ4n) is 0.393. The van der Waals surface area contributed by atoms with Crippen LogP contribution in [0.4, 0.5) is 0 Å². The molecule has 6 N–H and O–H groups in total. The predicted molar refractivity (Wildman–Crippen MR) is 53.2 cm³/mol. The molecule has 0 bridgehead atoms. The third kappa shape index (κ3) is 31.9. The van der Waals surface area contributed by atoms with Crippen LogP contribution in [-0.4, -0.2) is 21.1 Å².